The van der Waals surface area contributed by atoms with Gasteiger partial charge < -0.3 is 15.0 Å². The lowest BCUT2D eigenvalue weighted by Crippen LogP contribution is -2.43. The normalized spacial score (nSPS) is 15.2. The Labute approximate surface area is 188 Å². The zero-order chi connectivity index (χ0) is 21.9. The highest BCUT2D eigenvalue weighted by Gasteiger charge is 2.14. The predicted molar refractivity (Wildman–Crippen MR) is 127 cm³/mol. The SMILES string of the molecule is COc1ccccc1-c1ccc2cnc(Nc3ccc(CN4CCN(C)CC4)cc3)nn12. The van der Waals surface area contributed by atoms with Crippen molar-refractivity contribution in [3.63, 3.8) is 0 Å². The molecule has 0 atom stereocenters. The summed E-state index contributed by atoms with van der Waals surface area (Å²) in [6, 6.07) is 20.6. The highest BCUT2D eigenvalue weighted by molar-refractivity contribution is 5.72. The van der Waals surface area contributed by atoms with Crippen LogP contribution in [0.2, 0.25) is 0 Å². The molecule has 1 saturated heterocycles. The number of likely N-dealkylation sites (N-methyl/N-ethyl adjacent to an activating group) is 1. The van der Waals surface area contributed by atoms with Crippen molar-refractivity contribution >= 4 is 17.2 Å². The van der Waals surface area contributed by atoms with Gasteiger partial charge in [-0.3, -0.25) is 4.90 Å². The first-order valence-corrected chi connectivity index (χ1v) is 10.9. The molecule has 0 saturated carbocycles. The first-order valence-electron chi connectivity index (χ1n) is 10.9. The van der Waals surface area contributed by atoms with Gasteiger partial charge in [0.15, 0.2) is 0 Å². The van der Waals surface area contributed by atoms with E-state index in [1.807, 2.05) is 47.1 Å². The molecule has 1 N–H and O–H groups in total. The van der Waals surface area contributed by atoms with Crippen LogP contribution in [0.1, 0.15) is 5.56 Å². The second-order valence-electron chi connectivity index (χ2n) is 8.24. The summed E-state index contributed by atoms with van der Waals surface area (Å²) in [5, 5.41) is 8.07. The Kier molecular flexibility index (Phi) is 5.75. The lowest BCUT2D eigenvalue weighted by molar-refractivity contribution is 0.148. The van der Waals surface area contributed by atoms with Crippen molar-refractivity contribution in [1.29, 1.82) is 0 Å². The van der Waals surface area contributed by atoms with Crippen LogP contribution in [-0.2, 0) is 6.54 Å². The van der Waals surface area contributed by atoms with Crippen molar-refractivity contribution < 1.29 is 4.74 Å². The second-order valence-corrected chi connectivity index (χ2v) is 8.24. The molecule has 32 heavy (non-hydrogen) atoms. The number of nitrogens with zero attached hydrogens (tertiary/aromatic N) is 5. The van der Waals surface area contributed by atoms with Crippen LogP contribution in [0, 0.1) is 0 Å². The van der Waals surface area contributed by atoms with Crippen molar-refractivity contribution in [2.24, 2.45) is 0 Å². The minimum atomic E-state index is 0.552. The molecule has 1 aliphatic rings. The Morgan fingerprint density at radius 1 is 0.938 bits per heavy atom. The van der Waals surface area contributed by atoms with E-state index in [4.69, 9.17) is 9.84 Å². The highest BCUT2D eigenvalue weighted by atomic mass is 16.5. The zero-order valence-corrected chi connectivity index (χ0v) is 18.5. The van der Waals surface area contributed by atoms with Gasteiger partial charge in [0.25, 0.3) is 0 Å². The molecule has 0 amide bonds. The molecule has 0 radical (unpaired) electrons. The average molecular weight is 429 g/mol. The molecule has 0 spiro atoms. The van der Waals surface area contributed by atoms with Gasteiger partial charge in [0, 0.05) is 44.0 Å². The quantitative estimate of drug-likeness (QED) is 0.503. The van der Waals surface area contributed by atoms with Gasteiger partial charge in [-0.15, -0.1) is 5.10 Å². The second kappa shape index (κ2) is 8.98. The van der Waals surface area contributed by atoms with Gasteiger partial charge in [-0.1, -0.05) is 24.3 Å². The van der Waals surface area contributed by atoms with Crippen LogP contribution in [0.3, 0.4) is 0 Å². The fraction of sp³-hybridized carbons (Fsp3) is 0.280. The summed E-state index contributed by atoms with van der Waals surface area (Å²) in [7, 11) is 3.87. The topological polar surface area (TPSA) is 57.9 Å². The zero-order valence-electron chi connectivity index (χ0n) is 18.5. The van der Waals surface area contributed by atoms with E-state index in [0.29, 0.717) is 5.95 Å². The van der Waals surface area contributed by atoms with Crippen molar-refractivity contribution in [2.45, 2.75) is 6.54 Å². The average Bonchev–Trinajstić information content (AvgIpc) is 3.25. The Morgan fingerprint density at radius 3 is 2.50 bits per heavy atom. The number of hydrogen-bond acceptors (Lipinski definition) is 6. The van der Waals surface area contributed by atoms with Gasteiger partial charge >= 0.3 is 0 Å². The van der Waals surface area contributed by atoms with Crippen LogP contribution in [0.4, 0.5) is 11.6 Å². The monoisotopic (exact) mass is 428 g/mol. The molecule has 1 aliphatic heterocycles. The molecule has 0 unspecified atom stereocenters. The molecular weight excluding hydrogens is 400 g/mol. The Morgan fingerprint density at radius 2 is 1.72 bits per heavy atom. The van der Waals surface area contributed by atoms with Gasteiger partial charge in [-0.25, -0.2) is 9.50 Å². The molecule has 0 aliphatic carbocycles. The number of rotatable bonds is 6. The van der Waals surface area contributed by atoms with Gasteiger partial charge in [-0.05, 0) is 49.0 Å². The third-order valence-electron chi connectivity index (χ3n) is 5.99. The van der Waals surface area contributed by atoms with E-state index < -0.39 is 0 Å². The molecule has 7 heteroatoms. The minimum absolute atomic E-state index is 0.552. The molecule has 1 fully saturated rings. The molecular formula is C25H28N6O. The van der Waals surface area contributed by atoms with Crippen molar-refractivity contribution in [1.82, 2.24) is 24.4 Å². The molecule has 3 heterocycles. The van der Waals surface area contributed by atoms with Gasteiger partial charge in [0.2, 0.25) is 5.95 Å². The van der Waals surface area contributed by atoms with E-state index in [2.05, 4.69) is 51.4 Å². The molecule has 0 bridgehead atoms. The molecule has 2 aromatic carbocycles. The minimum Gasteiger partial charge on any atom is -0.496 e. The smallest absolute Gasteiger partial charge is 0.245 e. The summed E-state index contributed by atoms with van der Waals surface area (Å²) >= 11 is 0. The number of methoxy groups -OCH3 is 1. The van der Waals surface area contributed by atoms with E-state index >= 15 is 0 Å². The molecule has 7 nitrogen and oxygen atoms in total. The van der Waals surface area contributed by atoms with E-state index in [9.17, 15) is 0 Å². The fourth-order valence-electron chi connectivity index (χ4n) is 4.11. The maximum atomic E-state index is 5.54. The maximum absolute atomic E-state index is 5.54. The summed E-state index contributed by atoms with van der Waals surface area (Å²) in [6.45, 7) is 5.50. The number of nitrogens with one attached hydrogen (secondary N) is 1. The molecule has 5 rings (SSSR count). The fourth-order valence-corrected chi connectivity index (χ4v) is 4.11. The van der Waals surface area contributed by atoms with Gasteiger partial charge in [-0.2, -0.15) is 0 Å². The van der Waals surface area contributed by atoms with Gasteiger partial charge in [0.1, 0.15) is 5.75 Å². The Balaban J connectivity index is 1.33. The largest absolute Gasteiger partial charge is 0.496 e. The van der Waals surface area contributed by atoms with Crippen molar-refractivity contribution in [3.8, 4) is 17.0 Å². The highest BCUT2D eigenvalue weighted by Crippen LogP contribution is 2.30. The lowest BCUT2D eigenvalue weighted by atomic mass is 10.1. The van der Waals surface area contributed by atoms with Crippen molar-refractivity contribution in [2.75, 3.05) is 45.7 Å². The first kappa shape index (κ1) is 20.5. The summed E-state index contributed by atoms with van der Waals surface area (Å²) in [4.78, 5) is 9.37. The van der Waals surface area contributed by atoms with Crippen LogP contribution in [0.15, 0.2) is 66.9 Å². The van der Waals surface area contributed by atoms with Crippen LogP contribution >= 0.6 is 0 Å². The van der Waals surface area contributed by atoms with Crippen LogP contribution in [0.25, 0.3) is 16.8 Å². The Bertz CT molecular complexity index is 1190. The molecule has 2 aromatic heterocycles. The number of benzene rings is 2. The molecule has 164 valence electrons. The molecule has 4 aromatic rings. The van der Waals surface area contributed by atoms with Crippen LogP contribution < -0.4 is 10.1 Å². The summed E-state index contributed by atoms with van der Waals surface area (Å²) < 4.78 is 7.43. The number of aromatic nitrogens is 3. The number of fused-ring (bicyclic) bond motifs is 1. The lowest BCUT2D eigenvalue weighted by Gasteiger charge is -2.32. The van der Waals surface area contributed by atoms with E-state index in [-0.39, 0.29) is 0 Å². The number of anilines is 2. The van der Waals surface area contributed by atoms with Gasteiger partial charge in [0.05, 0.1) is 24.5 Å². The first-order chi connectivity index (χ1) is 15.7. The third-order valence-corrected chi connectivity index (χ3v) is 5.99. The summed E-state index contributed by atoms with van der Waals surface area (Å²) in [5.74, 6) is 1.37. The van der Waals surface area contributed by atoms with Crippen LogP contribution in [0.5, 0.6) is 5.75 Å². The predicted octanol–water partition coefficient (Wildman–Crippen LogP) is 3.90. The third kappa shape index (κ3) is 4.30. The van der Waals surface area contributed by atoms with E-state index in [1.54, 1.807) is 7.11 Å². The summed E-state index contributed by atoms with van der Waals surface area (Å²) in [6.07, 6.45) is 1.83. The van der Waals surface area contributed by atoms with Crippen molar-refractivity contribution in [3.05, 3.63) is 72.4 Å². The number of hydrogen-bond donors (Lipinski definition) is 1. The number of para-hydroxylation sites is 1. The summed E-state index contributed by atoms with van der Waals surface area (Å²) in [5.41, 5.74) is 5.18. The standard InChI is InChI=1S/C25H28N6O/c1-29-13-15-30(16-14-29)18-19-7-9-20(10-8-19)27-25-26-17-21-11-12-23(31(21)28-25)22-5-3-4-6-24(22)32-2/h3-12,17H,13-16,18H2,1-2H3,(H,27,28). The van der Waals surface area contributed by atoms with Crippen LogP contribution in [-0.4, -0.2) is 64.7 Å². The number of ether oxygens (including phenoxy) is 1. The maximum Gasteiger partial charge on any atom is 0.245 e. The number of piperazine rings is 1. The van der Waals surface area contributed by atoms with E-state index in [0.717, 1.165) is 60.9 Å². The Hall–Kier alpha value is -3.42. The van der Waals surface area contributed by atoms with E-state index in [1.165, 1.54) is 5.56 Å².